The maximum Gasteiger partial charge on any atom is 0.258 e. The first-order valence-corrected chi connectivity index (χ1v) is 8.26. The number of carbonyl (C=O) groups is 2. The molecule has 7 heteroatoms. The van der Waals surface area contributed by atoms with E-state index in [1.807, 2.05) is 0 Å². The minimum atomic E-state index is -0.519. The number of para-hydroxylation sites is 1. The number of thiophene rings is 1. The van der Waals surface area contributed by atoms with Crippen LogP contribution in [0.15, 0.2) is 59.2 Å². The fourth-order valence-electron chi connectivity index (χ4n) is 2.07. The van der Waals surface area contributed by atoms with Crippen molar-refractivity contribution in [3.8, 4) is 5.75 Å². The van der Waals surface area contributed by atoms with Crippen molar-refractivity contribution in [2.45, 2.75) is 6.54 Å². The predicted molar refractivity (Wildman–Crippen MR) is 90.2 cm³/mol. The molecule has 0 spiro atoms. The van der Waals surface area contributed by atoms with Crippen molar-refractivity contribution in [2.75, 3.05) is 6.61 Å². The van der Waals surface area contributed by atoms with Crippen LogP contribution in [0.3, 0.4) is 0 Å². The van der Waals surface area contributed by atoms with E-state index in [1.165, 1.54) is 29.7 Å². The van der Waals surface area contributed by atoms with Gasteiger partial charge in [-0.3, -0.25) is 9.59 Å². The molecular weight excluding hydrogens is 345 g/mol. The molecule has 0 aliphatic carbocycles. The summed E-state index contributed by atoms with van der Waals surface area (Å²) in [6.07, 6.45) is 1.44. The molecule has 2 aromatic heterocycles. The molecule has 25 heavy (non-hydrogen) atoms. The van der Waals surface area contributed by atoms with E-state index in [0.717, 1.165) is 4.88 Å². The van der Waals surface area contributed by atoms with Crippen molar-refractivity contribution in [1.29, 1.82) is 0 Å². The Morgan fingerprint density at radius 3 is 2.72 bits per heavy atom. The van der Waals surface area contributed by atoms with Crippen LogP contribution < -0.4 is 10.1 Å². The number of nitrogens with one attached hydrogen (secondary N) is 1. The van der Waals surface area contributed by atoms with Gasteiger partial charge < -0.3 is 14.5 Å². The number of hydrogen-bond donors (Lipinski definition) is 1. The van der Waals surface area contributed by atoms with Crippen molar-refractivity contribution in [2.24, 2.45) is 0 Å². The van der Waals surface area contributed by atoms with Crippen LogP contribution in [0.2, 0.25) is 0 Å². The third-order valence-corrected chi connectivity index (χ3v) is 4.37. The van der Waals surface area contributed by atoms with Gasteiger partial charge in [-0.05, 0) is 36.4 Å². The Hall–Kier alpha value is -2.93. The molecule has 0 radical (unpaired) electrons. The van der Waals surface area contributed by atoms with Crippen molar-refractivity contribution < 1.29 is 23.1 Å². The fraction of sp³-hybridized carbons (Fsp3) is 0.111. The summed E-state index contributed by atoms with van der Waals surface area (Å²) in [7, 11) is 0. The summed E-state index contributed by atoms with van der Waals surface area (Å²) in [5, 5.41) is 2.66. The maximum atomic E-state index is 13.4. The molecule has 0 aliphatic rings. The standard InChI is InChI=1S/C18H14FNO4S/c19-13-4-1-2-5-14(13)24-11-17(21)20-10-12-7-8-16(25-12)18(22)15-6-3-9-23-15/h1-9H,10-11H2,(H,20,21). The molecule has 3 rings (SSSR count). The van der Waals surface area contributed by atoms with Crippen LogP contribution in [0.5, 0.6) is 5.75 Å². The molecular formula is C18H14FNO4S. The van der Waals surface area contributed by atoms with Crippen molar-refractivity contribution in [3.05, 3.63) is 76.1 Å². The van der Waals surface area contributed by atoms with E-state index in [0.29, 0.717) is 4.88 Å². The van der Waals surface area contributed by atoms with Crippen LogP contribution in [0.1, 0.15) is 20.3 Å². The van der Waals surface area contributed by atoms with Gasteiger partial charge in [-0.25, -0.2) is 4.39 Å². The molecule has 1 N–H and O–H groups in total. The number of ketones is 1. The highest BCUT2D eigenvalue weighted by molar-refractivity contribution is 7.14. The number of furan rings is 1. The SMILES string of the molecule is O=C(COc1ccccc1F)NCc1ccc(C(=O)c2ccco2)s1. The second kappa shape index (κ2) is 7.76. The van der Waals surface area contributed by atoms with Crippen LogP contribution in [0.4, 0.5) is 4.39 Å². The summed E-state index contributed by atoms with van der Waals surface area (Å²) in [6, 6.07) is 12.6. The van der Waals surface area contributed by atoms with Crippen molar-refractivity contribution >= 4 is 23.0 Å². The summed E-state index contributed by atoms with van der Waals surface area (Å²) in [5.74, 6) is -0.795. The molecule has 1 aromatic carbocycles. The van der Waals surface area contributed by atoms with E-state index in [1.54, 1.807) is 36.4 Å². The number of carbonyl (C=O) groups excluding carboxylic acids is 2. The highest BCUT2D eigenvalue weighted by Gasteiger charge is 2.14. The predicted octanol–water partition coefficient (Wildman–Crippen LogP) is 3.41. The van der Waals surface area contributed by atoms with E-state index >= 15 is 0 Å². The fourth-order valence-corrected chi connectivity index (χ4v) is 2.96. The molecule has 0 saturated carbocycles. The van der Waals surface area contributed by atoms with Gasteiger partial charge >= 0.3 is 0 Å². The van der Waals surface area contributed by atoms with Crippen LogP contribution >= 0.6 is 11.3 Å². The van der Waals surface area contributed by atoms with E-state index < -0.39 is 5.82 Å². The molecule has 0 atom stereocenters. The first-order chi connectivity index (χ1) is 12.1. The number of amides is 1. The normalized spacial score (nSPS) is 10.4. The van der Waals surface area contributed by atoms with Gasteiger partial charge in [-0.1, -0.05) is 12.1 Å². The second-order valence-electron chi connectivity index (χ2n) is 5.07. The Morgan fingerprint density at radius 1 is 1.12 bits per heavy atom. The molecule has 2 heterocycles. The van der Waals surface area contributed by atoms with Crippen molar-refractivity contribution in [1.82, 2.24) is 5.32 Å². The lowest BCUT2D eigenvalue weighted by atomic mass is 10.2. The van der Waals surface area contributed by atoms with Crippen LogP contribution in [-0.4, -0.2) is 18.3 Å². The Morgan fingerprint density at radius 2 is 1.96 bits per heavy atom. The second-order valence-corrected chi connectivity index (χ2v) is 6.24. The highest BCUT2D eigenvalue weighted by Crippen LogP contribution is 2.20. The van der Waals surface area contributed by atoms with E-state index in [2.05, 4.69) is 5.32 Å². The Bertz CT molecular complexity index is 873. The zero-order valence-electron chi connectivity index (χ0n) is 13.0. The third kappa shape index (κ3) is 4.33. The quantitative estimate of drug-likeness (QED) is 0.657. The van der Waals surface area contributed by atoms with Gasteiger partial charge in [0.25, 0.3) is 5.91 Å². The average molecular weight is 359 g/mol. The average Bonchev–Trinajstić information content (AvgIpc) is 3.30. The van der Waals surface area contributed by atoms with Crippen LogP contribution in [0, 0.1) is 5.82 Å². The lowest BCUT2D eigenvalue weighted by Crippen LogP contribution is -2.28. The summed E-state index contributed by atoms with van der Waals surface area (Å²) in [5.41, 5.74) is 0. The lowest BCUT2D eigenvalue weighted by Gasteiger charge is -2.07. The molecule has 3 aromatic rings. The molecule has 0 unspecified atom stereocenters. The number of hydrogen-bond acceptors (Lipinski definition) is 5. The van der Waals surface area contributed by atoms with Gasteiger partial charge in [0, 0.05) is 4.88 Å². The van der Waals surface area contributed by atoms with E-state index in [-0.39, 0.29) is 36.4 Å². The van der Waals surface area contributed by atoms with E-state index in [9.17, 15) is 14.0 Å². The smallest absolute Gasteiger partial charge is 0.258 e. The van der Waals surface area contributed by atoms with Crippen molar-refractivity contribution in [3.63, 3.8) is 0 Å². The number of rotatable bonds is 7. The van der Waals surface area contributed by atoms with Crippen LogP contribution in [0.25, 0.3) is 0 Å². The van der Waals surface area contributed by atoms with Gasteiger partial charge in [0.05, 0.1) is 17.7 Å². The highest BCUT2D eigenvalue weighted by atomic mass is 32.1. The van der Waals surface area contributed by atoms with E-state index in [4.69, 9.17) is 9.15 Å². The number of benzene rings is 1. The summed E-state index contributed by atoms with van der Waals surface area (Å²) < 4.78 is 23.6. The first-order valence-electron chi connectivity index (χ1n) is 7.44. The molecule has 5 nitrogen and oxygen atoms in total. The largest absolute Gasteiger partial charge is 0.481 e. The molecule has 1 amide bonds. The zero-order chi connectivity index (χ0) is 17.6. The number of ether oxygens (including phenoxy) is 1. The summed E-state index contributed by atoms with van der Waals surface area (Å²) >= 11 is 1.27. The third-order valence-electron chi connectivity index (χ3n) is 3.29. The summed E-state index contributed by atoms with van der Waals surface area (Å²) in [4.78, 5) is 25.3. The summed E-state index contributed by atoms with van der Waals surface area (Å²) in [6.45, 7) is -0.0277. The zero-order valence-corrected chi connectivity index (χ0v) is 13.8. The topological polar surface area (TPSA) is 68.5 Å². The monoisotopic (exact) mass is 359 g/mol. The van der Waals surface area contributed by atoms with Crippen LogP contribution in [-0.2, 0) is 11.3 Å². The molecule has 0 saturated heterocycles. The number of halogens is 1. The minimum absolute atomic E-state index is 0.0279. The van der Waals surface area contributed by atoms with Gasteiger partial charge in [0.1, 0.15) is 0 Å². The van der Waals surface area contributed by atoms with Gasteiger partial charge in [-0.2, -0.15) is 0 Å². The Kier molecular flexibility index (Phi) is 5.25. The van der Waals surface area contributed by atoms with Gasteiger partial charge in [-0.15, -0.1) is 11.3 Å². The molecule has 0 fully saturated rings. The molecule has 0 bridgehead atoms. The first kappa shape index (κ1) is 16.9. The lowest BCUT2D eigenvalue weighted by molar-refractivity contribution is -0.123. The molecule has 0 aliphatic heterocycles. The molecule has 128 valence electrons. The maximum absolute atomic E-state index is 13.4. The van der Waals surface area contributed by atoms with Gasteiger partial charge in [0.2, 0.25) is 5.78 Å². The van der Waals surface area contributed by atoms with Gasteiger partial charge in [0.15, 0.2) is 23.9 Å². The minimum Gasteiger partial charge on any atom is -0.481 e. The Labute approximate surface area is 147 Å². The Balaban J connectivity index is 1.49.